The van der Waals surface area contributed by atoms with Crippen LogP contribution in [0.25, 0.3) is 0 Å². The summed E-state index contributed by atoms with van der Waals surface area (Å²) in [5.74, 6) is 0. The molecule has 0 saturated carbocycles. The van der Waals surface area contributed by atoms with Crippen LogP contribution in [-0.2, 0) is 19.3 Å². The van der Waals surface area contributed by atoms with Crippen LogP contribution in [0, 0.1) is 0 Å². The normalized spacial score (nSPS) is 15.0. The van der Waals surface area contributed by atoms with E-state index in [1.165, 1.54) is 45.7 Å². The summed E-state index contributed by atoms with van der Waals surface area (Å²) in [6.07, 6.45) is 4.70. The first-order chi connectivity index (χ1) is 10.1. The molecule has 0 saturated heterocycles. The van der Waals surface area contributed by atoms with Crippen LogP contribution >= 0.6 is 27.7 Å². The average Bonchev–Trinajstić information content (AvgIpc) is 2.89. The van der Waals surface area contributed by atoms with Crippen LogP contribution in [0.15, 0.2) is 50.7 Å². The van der Waals surface area contributed by atoms with E-state index in [2.05, 4.69) is 52.3 Å². The van der Waals surface area contributed by atoms with E-state index in [4.69, 9.17) is 5.73 Å². The van der Waals surface area contributed by atoms with Gasteiger partial charge in [0.05, 0.1) is 0 Å². The fourth-order valence-corrected chi connectivity index (χ4v) is 4.47. The third kappa shape index (κ3) is 3.71. The standard InChI is InChI=1S/C18H20BrNS/c1-12(20)9-15-6-8-17(11-18(15)19)21-16-7-5-13-3-2-4-14(13)10-16/h5-8,10-12H,2-4,9,20H2,1H3. The molecule has 2 N–H and O–H groups in total. The van der Waals surface area contributed by atoms with Crippen molar-refractivity contribution in [2.24, 2.45) is 5.73 Å². The highest BCUT2D eigenvalue weighted by Crippen LogP contribution is 2.34. The molecule has 0 fully saturated rings. The molecule has 1 atom stereocenters. The monoisotopic (exact) mass is 361 g/mol. The maximum absolute atomic E-state index is 5.88. The van der Waals surface area contributed by atoms with E-state index < -0.39 is 0 Å². The first-order valence-corrected chi connectivity index (χ1v) is 9.06. The number of nitrogens with two attached hydrogens (primary N) is 1. The summed E-state index contributed by atoms with van der Waals surface area (Å²) in [6.45, 7) is 2.04. The lowest BCUT2D eigenvalue weighted by molar-refractivity contribution is 0.735. The molecule has 1 aliphatic rings. The topological polar surface area (TPSA) is 26.0 Å². The summed E-state index contributed by atoms with van der Waals surface area (Å²) in [7, 11) is 0. The van der Waals surface area contributed by atoms with Crippen LogP contribution in [-0.4, -0.2) is 6.04 Å². The van der Waals surface area contributed by atoms with Gasteiger partial charge in [-0.05, 0) is 73.6 Å². The van der Waals surface area contributed by atoms with Crippen LogP contribution in [0.3, 0.4) is 0 Å². The van der Waals surface area contributed by atoms with Gasteiger partial charge in [-0.25, -0.2) is 0 Å². The molecule has 0 aromatic heterocycles. The van der Waals surface area contributed by atoms with Gasteiger partial charge in [-0.2, -0.15) is 0 Å². The van der Waals surface area contributed by atoms with Crippen LogP contribution in [0.2, 0.25) is 0 Å². The number of hydrogen-bond donors (Lipinski definition) is 1. The Hall–Kier alpha value is -0.770. The van der Waals surface area contributed by atoms with Gasteiger partial charge in [0.15, 0.2) is 0 Å². The van der Waals surface area contributed by atoms with Gasteiger partial charge in [0.1, 0.15) is 0 Å². The molecule has 1 nitrogen and oxygen atoms in total. The van der Waals surface area contributed by atoms with Crippen molar-refractivity contribution in [2.75, 3.05) is 0 Å². The van der Waals surface area contributed by atoms with Crippen molar-refractivity contribution in [3.05, 3.63) is 57.6 Å². The van der Waals surface area contributed by atoms with Crippen molar-refractivity contribution in [1.29, 1.82) is 0 Å². The van der Waals surface area contributed by atoms with E-state index in [9.17, 15) is 0 Å². The van der Waals surface area contributed by atoms with Crippen LogP contribution in [0.4, 0.5) is 0 Å². The fourth-order valence-electron chi connectivity index (χ4n) is 2.85. The van der Waals surface area contributed by atoms with Gasteiger partial charge >= 0.3 is 0 Å². The van der Waals surface area contributed by atoms with Gasteiger partial charge in [0, 0.05) is 20.3 Å². The molecule has 0 bridgehead atoms. The number of aryl methyl sites for hydroxylation is 2. The molecule has 1 aliphatic carbocycles. The Morgan fingerprint density at radius 2 is 1.81 bits per heavy atom. The Morgan fingerprint density at radius 1 is 1.10 bits per heavy atom. The second-order valence-corrected chi connectivity index (χ2v) is 7.82. The van der Waals surface area contributed by atoms with Gasteiger partial charge in [-0.3, -0.25) is 0 Å². The Balaban J connectivity index is 1.77. The molecular formula is C18H20BrNS. The summed E-state index contributed by atoms with van der Waals surface area (Å²) in [5, 5.41) is 0. The summed E-state index contributed by atoms with van der Waals surface area (Å²) in [6, 6.07) is 13.7. The molecule has 2 aromatic rings. The van der Waals surface area contributed by atoms with E-state index >= 15 is 0 Å². The van der Waals surface area contributed by atoms with Crippen molar-refractivity contribution in [1.82, 2.24) is 0 Å². The van der Waals surface area contributed by atoms with Crippen molar-refractivity contribution >= 4 is 27.7 Å². The highest BCUT2D eigenvalue weighted by Gasteiger charge is 2.11. The molecule has 3 heteroatoms. The molecule has 0 radical (unpaired) electrons. The number of hydrogen-bond acceptors (Lipinski definition) is 2. The van der Waals surface area contributed by atoms with Gasteiger partial charge < -0.3 is 5.73 Å². The maximum atomic E-state index is 5.88. The molecule has 0 aliphatic heterocycles. The Bertz CT molecular complexity index is 652. The third-order valence-corrected chi connectivity index (χ3v) is 5.59. The van der Waals surface area contributed by atoms with Gasteiger partial charge in [-0.1, -0.05) is 39.8 Å². The van der Waals surface area contributed by atoms with E-state index in [1.54, 1.807) is 0 Å². The summed E-state index contributed by atoms with van der Waals surface area (Å²) in [5.41, 5.74) is 10.2. The maximum Gasteiger partial charge on any atom is 0.0219 e. The van der Waals surface area contributed by atoms with E-state index in [1.807, 2.05) is 18.7 Å². The average molecular weight is 362 g/mol. The number of benzene rings is 2. The number of rotatable bonds is 4. The van der Waals surface area contributed by atoms with Crippen LogP contribution in [0.5, 0.6) is 0 Å². The molecule has 110 valence electrons. The van der Waals surface area contributed by atoms with Gasteiger partial charge in [0.25, 0.3) is 0 Å². The minimum atomic E-state index is 0.191. The number of fused-ring (bicyclic) bond motifs is 1. The third-order valence-electron chi connectivity index (χ3n) is 3.87. The molecule has 0 heterocycles. The van der Waals surface area contributed by atoms with Gasteiger partial charge in [-0.15, -0.1) is 0 Å². The summed E-state index contributed by atoms with van der Waals surface area (Å²) < 4.78 is 1.16. The fraction of sp³-hybridized carbons (Fsp3) is 0.333. The first kappa shape index (κ1) is 15.1. The zero-order valence-electron chi connectivity index (χ0n) is 12.2. The van der Waals surface area contributed by atoms with E-state index in [-0.39, 0.29) is 6.04 Å². The summed E-state index contributed by atoms with van der Waals surface area (Å²) >= 11 is 5.50. The highest BCUT2D eigenvalue weighted by molar-refractivity contribution is 9.10. The van der Waals surface area contributed by atoms with Crippen molar-refractivity contribution < 1.29 is 0 Å². The Morgan fingerprint density at radius 3 is 2.57 bits per heavy atom. The molecular weight excluding hydrogens is 342 g/mol. The second-order valence-electron chi connectivity index (χ2n) is 5.82. The molecule has 3 rings (SSSR count). The SMILES string of the molecule is CC(N)Cc1ccc(Sc2ccc3c(c2)CCC3)cc1Br. The van der Waals surface area contributed by atoms with E-state index in [0.29, 0.717) is 0 Å². The van der Waals surface area contributed by atoms with Crippen LogP contribution < -0.4 is 5.73 Å². The predicted molar refractivity (Wildman–Crippen MR) is 94.1 cm³/mol. The van der Waals surface area contributed by atoms with Gasteiger partial charge in [0.2, 0.25) is 0 Å². The second kappa shape index (κ2) is 6.55. The predicted octanol–water partition coefficient (Wildman–Crippen LogP) is 4.98. The van der Waals surface area contributed by atoms with Crippen molar-refractivity contribution in [2.45, 2.75) is 48.4 Å². The zero-order valence-corrected chi connectivity index (χ0v) is 14.6. The lowest BCUT2D eigenvalue weighted by Gasteiger charge is -2.10. The zero-order chi connectivity index (χ0) is 14.8. The quantitative estimate of drug-likeness (QED) is 0.830. The van der Waals surface area contributed by atoms with Crippen LogP contribution in [0.1, 0.15) is 30.0 Å². The minimum absolute atomic E-state index is 0.191. The first-order valence-electron chi connectivity index (χ1n) is 7.45. The van der Waals surface area contributed by atoms with E-state index in [0.717, 1.165) is 10.9 Å². The minimum Gasteiger partial charge on any atom is -0.328 e. The van der Waals surface area contributed by atoms with Crippen molar-refractivity contribution in [3.63, 3.8) is 0 Å². The highest BCUT2D eigenvalue weighted by atomic mass is 79.9. The molecule has 0 spiro atoms. The Kier molecular flexibility index (Phi) is 4.72. The summed E-state index contributed by atoms with van der Waals surface area (Å²) in [4.78, 5) is 2.61. The lowest BCUT2D eigenvalue weighted by Crippen LogP contribution is -2.17. The lowest BCUT2D eigenvalue weighted by atomic mass is 10.1. The Labute approximate surface area is 139 Å². The molecule has 21 heavy (non-hydrogen) atoms. The smallest absolute Gasteiger partial charge is 0.0219 e. The number of halogens is 1. The molecule has 2 aromatic carbocycles. The molecule has 0 amide bonds. The molecule has 1 unspecified atom stereocenters. The largest absolute Gasteiger partial charge is 0.328 e. The van der Waals surface area contributed by atoms with Crippen molar-refractivity contribution in [3.8, 4) is 0 Å².